The molecule has 0 radical (unpaired) electrons. The Morgan fingerprint density at radius 3 is 2.84 bits per heavy atom. The quantitative estimate of drug-likeness (QED) is 0.453. The number of nitrogens with zero attached hydrogens (tertiary/aromatic N) is 3. The Morgan fingerprint density at radius 1 is 1.22 bits per heavy atom. The molecule has 4 aromatic rings. The van der Waals surface area contributed by atoms with Crippen LogP contribution in [0, 0.1) is 5.92 Å². The number of pyridine rings is 1. The summed E-state index contributed by atoms with van der Waals surface area (Å²) in [6.07, 6.45) is 8.49. The van der Waals surface area contributed by atoms with Crippen LogP contribution in [-0.4, -0.2) is 32.9 Å². The third kappa shape index (κ3) is 3.73. The van der Waals surface area contributed by atoms with Gasteiger partial charge in [0.25, 0.3) is 5.19 Å². The van der Waals surface area contributed by atoms with E-state index in [1.54, 1.807) is 12.4 Å². The fourth-order valence-electron chi connectivity index (χ4n) is 5.39. The molecule has 1 aromatic carbocycles. The number of furan rings is 1. The number of benzene rings is 1. The van der Waals surface area contributed by atoms with Gasteiger partial charge in [-0.15, -0.1) is 0 Å². The van der Waals surface area contributed by atoms with Gasteiger partial charge in [0.05, 0.1) is 17.4 Å². The Morgan fingerprint density at radius 2 is 2.06 bits per heavy atom. The van der Waals surface area contributed by atoms with Crippen molar-refractivity contribution in [3.05, 3.63) is 48.5 Å². The molecule has 2 N–H and O–H groups in total. The molecule has 164 valence electrons. The monoisotopic (exact) mass is 448 g/mol. The van der Waals surface area contributed by atoms with Crippen LogP contribution in [0.4, 0.5) is 0 Å². The van der Waals surface area contributed by atoms with Gasteiger partial charge in [-0.25, -0.2) is 4.98 Å². The highest BCUT2D eigenvalue weighted by Gasteiger charge is 2.41. The number of rotatable bonds is 6. The number of carbonyl (C=O) groups excluding carboxylic acids is 1. The molecule has 0 saturated carbocycles. The third-order valence-electron chi connectivity index (χ3n) is 6.73. The number of amides is 1. The normalized spacial score (nSPS) is 23.2. The average Bonchev–Trinajstić information content (AvgIpc) is 3.41. The first-order chi connectivity index (χ1) is 15.6. The molecule has 3 aromatic heterocycles. The first-order valence-corrected chi connectivity index (χ1v) is 11.9. The summed E-state index contributed by atoms with van der Waals surface area (Å²) >= 11 is 1.50. The van der Waals surface area contributed by atoms with Crippen LogP contribution in [0.2, 0.25) is 0 Å². The number of ether oxygens (including phenoxy) is 1. The smallest absolute Gasteiger partial charge is 0.279 e. The lowest BCUT2D eigenvalue weighted by Crippen LogP contribution is -2.42. The van der Waals surface area contributed by atoms with Gasteiger partial charge in [0.15, 0.2) is 0 Å². The van der Waals surface area contributed by atoms with Crippen molar-refractivity contribution in [1.82, 2.24) is 14.9 Å². The predicted octanol–water partition coefficient (Wildman–Crippen LogP) is 4.85. The molecule has 5 heterocycles. The van der Waals surface area contributed by atoms with E-state index in [0.717, 1.165) is 46.3 Å². The standard InChI is InChI=1S/C24H24N4O3S/c25-23(29)9-14-7-16-2-3-17(8-14)28(16)13-19-10-15-1-4-18(11-21(15)30-19)31-24-27-20-12-26-6-5-22(20)32-24/h1,4-6,10-12,14,16-17H,2-3,7-9,13H2,(H2,25,29)/t14?,16-,17+. The van der Waals surface area contributed by atoms with Crippen molar-refractivity contribution in [2.75, 3.05) is 0 Å². The van der Waals surface area contributed by atoms with Gasteiger partial charge in [0.1, 0.15) is 22.6 Å². The first kappa shape index (κ1) is 19.7. The van der Waals surface area contributed by atoms with Gasteiger partial charge < -0.3 is 14.9 Å². The number of thiazole rings is 1. The minimum absolute atomic E-state index is 0.180. The highest BCUT2D eigenvalue weighted by molar-refractivity contribution is 7.20. The van der Waals surface area contributed by atoms with Gasteiger partial charge in [0, 0.05) is 36.2 Å². The van der Waals surface area contributed by atoms with Crippen molar-refractivity contribution in [1.29, 1.82) is 0 Å². The van der Waals surface area contributed by atoms with Gasteiger partial charge in [-0.1, -0.05) is 11.3 Å². The van der Waals surface area contributed by atoms with Crippen LogP contribution in [0.1, 0.15) is 37.9 Å². The van der Waals surface area contributed by atoms with Crippen molar-refractivity contribution in [3.63, 3.8) is 0 Å². The van der Waals surface area contributed by atoms with Gasteiger partial charge in [-0.05, 0) is 55.9 Å². The summed E-state index contributed by atoms with van der Waals surface area (Å²) in [4.78, 5) is 22.5. The van der Waals surface area contributed by atoms with Crippen molar-refractivity contribution >= 4 is 38.4 Å². The van der Waals surface area contributed by atoms with Crippen LogP contribution in [0.3, 0.4) is 0 Å². The van der Waals surface area contributed by atoms with Crippen molar-refractivity contribution in [2.24, 2.45) is 11.7 Å². The summed E-state index contributed by atoms with van der Waals surface area (Å²) in [5, 5.41) is 1.66. The van der Waals surface area contributed by atoms with Crippen LogP contribution < -0.4 is 10.5 Å². The van der Waals surface area contributed by atoms with Gasteiger partial charge in [-0.2, -0.15) is 0 Å². The Bertz CT molecular complexity index is 1250. The van der Waals surface area contributed by atoms with E-state index in [-0.39, 0.29) is 5.91 Å². The molecule has 7 nitrogen and oxygen atoms in total. The summed E-state index contributed by atoms with van der Waals surface area (Å²) in [6, 6.07) is 11.0. The molecule has 2 saturated heterocycles. The second kappa shape index (κ2) is 7.86. The fraction of sp³-hybridized carbons (Fsp3) is 0.375. The Hall–Kier alpha value is -2.97. The molecule has 6 rings (SSSR count). The molecule has 3 atom stereocenters. The molecule has 0 spiro atoms. The van der Waals surface area contributed by atoms with Crippen LogP contribution >= 0.6 is 11.3 Å². The minimum Gasteiger partial charge on any atom is -0.460 e. The molecule has 1 amide bonds. The molecule has 2 aliphatic heterocycles. The number of piperidine rings is 1. The molecule has 2 aliphatic rings. The topological polar surface area (TPSA) is 94.5 Å². The predicted molar refractivity (Wildman–Crippen MR) is 123 cm³/mol. The molecular weight excluding hydrogens is 424 g/mol. The second-order valence-electron chi connectivity index (χ2n) is 8.90. The zero-order valence-corrected chi connectivity index (χ0v) is 18.4. The van der Waals surface area contributed by atoms with E-state index >= 15 is 0 Å². The zero-order valence-electron chi connectivity index (χ0n) is 17.6. The zero-order chi connectivity index (χ0) is 21.7. The van der Waals surface area contributed by atoms with E-state index < -0.39 is 0 Å². The number of hydrogen-bond acceptors (Lipinski definition) is 7. The Balaban J connectivity index is 1.17. The number of hydrogen-bond donors (Lipinski definition) is 1. The third-order valence-corrected chi connectivity index (χ3v) is 7.64. The molecule has 8 heteroatoms. The highest BCUT2D eigenvalue weighted by atomic mass is 32.1. The van der Waals surface area contributed by atoms with E-state index in [1.807, 2.05) is 24.3 Å². The molecule has 32 heavy (non-hydrogen) atoms. The summed E-state index contributed by atoms with van der Waals surface area (Å²) in [7, 11) is 0. The second-order valence-corrected chi connectivity index (χ2v) is 9.90. The maximum absolute atomic E-state index is 11.3. The lowest BCUT2D eigenvalue weighted by atomic mass is 9.88. The maximum Gasteiger partial charge on any atom is 0.279 e. The summed E-state index contributed by atoms with van der Waals surface area (Å²) in [5.41, 5.74) is 7.08. The van der Waals surface area contributed by atoms with Crippen LogP contribution in [0.15, 0.2) is 47.1 Å². The van der Waals surface area contributed by atoms with Gasteiger partial charge >= 0.3 is 0 Å². The summed E-state index contributed by atoms with van der Waals surface area (Å²) in [6.45, 7) is 0.800. The van der Waals surface area contributed by atoms with E-state index in [1.165, 1.54) is 24.2 Å². The van der Waals surface area contributed by atoms with Crippen molar-refractivity contribution < 1.29 is 13.9 Å². The molecule has 2 bridgehead atoms. The van der Waals surface area contributed by atoms with Crippen LogP contribution in [0.5, 0.6) is 10.9 Å². The highest BCUT2D eigenvalue weighted by Crippen LogP contribution is 2.41. The van der Waals surface area contributed by atoms with Crippen LogP contribution in [-0.2, 0) is 11.3 Å². The Kier molecular flexibility index (Phi) is 4.84. The van der Waals surface area contributed by atoms with E-state index in [2.05, 4.69) is 20.9 Å². The molecule has 2 fully saturated rings. The lowest BCUT2D eigenvalue weighted by Gasteiger charge is -2.38. The van der Waals surface area contributed by atoms with Gasteiger partial charge in [-0.3, -0.25) is 14.7 Å². The molecular formula is C24H24N4O3S. The summed E-state index contributed by atoms with van der Waals surface area (Å²) in [5.74, 6) is 1.92. The molecule has 1 unspecified atom stereocenters. The van der Waals surface area contributed by atoms with E-state index in [9.17, 15) is 4.79 Å². The van der Waals surface area contributed by atoms with Crippen molar-refractivity contribution in [2.45, 2.75) is 50.7 Å². The van der Waals surface area contributed by atoms with E-state index in [0.29, 0.717) is 35.4 Å². The number of aromatic nitrogens is 2. The SMILES string of the molecule is NC(=O)CC1C[C@H]2CC[C@@H](C1)N2Cc1cc2ccc(Oc3nc4cnccc4s3)cc2o1. The largest absolute Gasteiger partial charge is 0.460 e. The maximum atomic E-state index is 11.3. The van der Waals surface area contributed by atoms with Crippen LogP contribution in [0.25, 0.3) is 21.2 Å². The Labute approximate surface area is 189 Å². The number of carbonyl (C=O) groups is 1. The number of primary amides is 1. The average molecular weight is 449 g/mol. The lowest BCUT2D eigenvalue weighted by molar-refractivity contribution is -0.119. The molecule has 0 aliphatic carbocycles. The van der Waals surface area contributed by atoms with Gasteiger partial charge in [0.2, 0.25) is 5.91 Å². The minimum atomic E-state index is -0.180. The fourth-order valence-corrected chi connectivity index (χ4v) is 6.19. The number of fused-ring (bicyclic) bond motifs is 4. The summed E-state index contributed by atoms with van der Waals surface area (Å²) < 4.78 is 13.2. The van der Waals surface area contributed by atoms with Crippen molar-refractivity contribution in [3.8, 4) is 10.9 Å². The van der Waals surface area contributed by atoms with E-state index in [4.69, 9.17) is 14.9 Å². The number of nitrogens with two attached hydrogens (primary N) is 1. The first-order valence-electron chi connectivity index (χ1n) is 11.1.